The lowest BCUT2D eigenvalue weighted by Crippen LogP contribution is -2.45. The number of anilines is 2. The number of carbonyl (C=O) groups excluding carboxylic acids is 1. The van der Waals surface area contributed by atoms with E-state index in [1.165, 1.54) is 37.3 Å². The molecule has 0 radical (unpaired) electrons. The second-order valence-electron chi connectivity index (χ2n) is 5.30. The molecule has 0 saturated heterocycles. The van der Waals surface area contributed by atoms with Gasteiger partial charge in [-0.3, -0.25) is 9.10 Å². The highest BCUT2D eigenvalue weighted by Crippen LogP contribution is 2.25. The van der Waals surface area contributed by atoms with Crippen molar-refractivity contribution in [2.24, 2.45) is 0 Å². The van der Waals surface area contributed by atoms with E-state index in [0.29, 0.717) is 4.31 Å². The van der Waals surface area contributed by atoms with Gasteiger partial charge < -0.3 is 5.32 Å². The van der Waals surface area contributed by atoms with Crippen molar-refractivity contribution in [3.05, 3.63) is 59.1 Å². The Labute approximate surface area is 149 Å². The molecule has 0 aliphatic rings. The Kier molecular flexibility index (Phi) is 5.64. The average molecular weight is 389 g/mol. The normalized spacial score (nSPS) is 12.5. The number of halogens is 3. The molecule has 0 aliphatic carbocycles. The van der Waals surface area contributed by atoms with Crippen molar-refractivity contribution in [3.8, 4) is 0 Å². The molecule has 0 aliphatic heterocycles. The van der Waals surface area contributed by atoms with Crippen molar-refractivity contribution < 1.29 is 22.0 Å². The summed E-state index contributed by atoms with van der Waals surface area (Å²) in [5, 5.41) is 2.24. The van der Waals surface area contributed by atoms with Gasteiger partial charge in [-0.2, -0.15) is 0 Å². The molecule has 1 N–H and O–H groups in total. The molecule has 2 aromatic rings. The van der Waals surface area contributed by atoms with Crippen LogP contribution in [-0.4, -0.2) is 26.6 Å². The summed E-state index contributed by atoms with van der Waals surface area (Å²) in [7, 11) is -3.95. The van der Waals surface area contributed by atoms with Crippen LogP contribution in [0.4, 0.5) is 20.2 Å². The molecule has 9 heteroatoms. The monoisotopic (exact) mass is 388 g/mol. The lowest BCUT2D eigenvalue weighted by molar-refractivity contribution is -0.116. The predicted molar refractivity (Wildman–Crippen MR) is 93.2 cm³/mol. The van der Waals surface area contributed by atoms with Gasteiger partial charge in [0.05, 0.1) is 17.0 Å². The summed E-state index contributed by atoms with van der Waals surface area (Å²) in [4.78, 5) is 12.4. The quantitative estimate of drug-likeness (QED) is 0.853. The van der Waals surface area contributed by atoms with Gasteiger partial charge in [-0.05, 0) is 37.3 Å². The SMILES string of the molecule is CC(C(=O)Nc1ccc(F)c(Cl)c1)N(c1ccccc1F)S(C)(=O)=O. The topological polar surface area (TPSA) is 66.5 Å². The van der Waals surface area contributed by atoms with Crippen LogP contribution < -0.4 is 9.62 Å². The van der Waals surface area contributed by atoms with Crippen LogP contribution in [-0.2, 0) is 14.8 Å². The number of carbonyl (C=O) groups is 1. The molecule has 1 amide bonds. The Morgan fingerprint density at radius 1 is 1.16 bits per heavy atom. The van der Waals surface area contributed by atoms with Gasteiger partial charge in [0.25, 0.3) is 0 Å². The van der Waals surface area contributed by atoms with Crippen LogP contribution in [0.25, 0.3) is 0 Å². The standard InChI is InChI=1S/C16H15ClF2N2O3S/c1-10(16(22)20-11-7-8-13(18)12(17)9-11)21(25(2,23)24)15-6-4-3-5-14(15)19/h3-10H,1-2H3,(H,20,22). The fourth-order valence-corrected chi connectivity index (χ4v) is 3.59. The number of nitrogens with one attached hydrogen (secondary N) is 1. The zero-order valence-corrected chi connectivity index (χ0v) is 14.9. The molecule has 0 aromatic heterocycles. The van der Waals surface area contributed by atoms with Gasteiger partial charge in [0.2, 0.25) is 15.9 Å². The van der Waals surface area contributed by atoms with Gasteiger partial charge in [-0.1, -0.05) is 23.7 Å². The Bertz CT molecular complexity index is 906. The predicted octanol–water partition coefficient (Wildman–Crippen LogP) is 3.41. The third-order valence-corrected chi connectivity index (χ3v) is 4.88. The molecule has 2 aromatic carbocycles. The van der Waals surface area contributed by atoms with Gasteiger partial charge in [0.15, 0.2) is 0 Å². The van der Waals surface area contributed by atoms with E-state index in [9.17, 15) is 22.0 Å². The Hall–Kier alpha value is -2.19. The number of nitrogens with zero attached hydrogens (tertiary/aromatic N) is 1. The minimum Gasteiger partial charge on any atom is -0.324 e. The number of benzene rings is 2. The van der Waals surface area contributed by atoms with Gasteiger partial charge >= 0.3 is 0 Å². The first-order valence-electron chi connectivity index (χ1n) is 7.11. The smallest absolute Gasteiger partial charge is 0.247 e. The van der Waals surface area contributed by atoms with Crippen molar-refractivity contribution in [3.63, 3.8) is 0 Å². The molecule has 0 bridgehead atoms. The highest BCUT2D eigenvalue weighted by atomic mass is 35.5. The van der Waals surface area contributed by atoms with Gasteiger partial charge in [0.1, 0.15) is 17.7 Å². The molecule has 0 spiro atoms. The minimum absolute atomic E-state index is 0.185. The first kappa shape index (κ1) is 19.1. The first-order chi connectivity index (χ1) is 11.6. The summed E-state index contributed by atoms with van der Waals surface area (Å²) in [6.07, 6.45) is 0.873. The van der Waals surface area contributed by atoms with Gasteiger partial charge in [0, 0.05) is 5.69 Å². The molecule has 2 rings (SSSR count). The molecule has 134 valence electrons. The lowest BCUT2D eigenvalue weighted by atomic mass is 10.2. The summed E-state index contributed by atoms with van der Waals surface area (Å²) in [6, 6.07) is 7.50. The maximum absolute atomic E-state index is 14.0. The van der Waals surface area contributed by atoms with Crippen molar-refractivity contribution in [2.45, 2.75) is 13.0 Å². The summed E-state index contributed by atoms with van der Waals surface area (Å²) < 4.78 is 52.1. The second-order valence-corrected chi connectivity index (χ2v) is 7.57. The Morgan fingerprint density at radius 2 is 1.80 bits per heavy atom. The Morgan fingerprint density at radius 3 is 2.36 bits per heavy atom. The highest BCUT2D eigenvalue weighted by Gasteiger charge is 2.31. The summed E-state index contributed by atoms with van der Waals surface area (Å²) >= 11 is 5.65. The molecular weight excluding hydrogens is 374 g/mol. The van der Waals surface area contributed by atoms with Crippen LogP contribution in [0.3, 0.4) is 0 Å². The molecule has 5 nitrogen and oxygen atoms in total. The van der Waals surface area contributed by atoms with Crippen molar-refractivity contribution >= 4 is 38.9 Å². The number of sulfonamides is 1. The highest BCUT2D eigenvalue weighted by molar-refractivity contribution is 7.92. The summed E-state index contributed by atoms with van der Waals surface area (Å²) in [5.74, 6) is -2.16. The van der Waals surface area contributed by atoms with Crippen molar-refractivity contribution in [1.82, 2.24) is 0 Å². The van der Waals surface area contributed by atoms with Gasteiger partial charge in [-0.15, -0.1) is 0 Å². The van der Waals surface area contributed by atoms with Crippen LogP contribution in [0.1, 0.15) is 6.92 Å². The van der Waals surface area contributed by atoms with E-state index in [0.717, 1.165) is 18.4 Å². The fourth-order valence-electron chi connectivity index (χ4n) is 2.23. The zero-order chi connectivity index (χ0) is 18.8. The van der Waals surface area contributed by atoms with Crippen LogP contribution in [0.2, 0.25) is 5.02 Å². The Balaban J connectivity index is 2.33. The molecule has 0 saturated carbocycles. The van der Waals surface area contributed by atoms with E-state index in [-0.39, 0.29) is 16.4 Å². The second kappa shape index (κ2) is 7.37. The summed E-state index contributed by atoms with van der Waals surface area (Å²) in [5.41, 5.74) is -0.0602. The van der Waals surface area contributed by atoms with Crippen LogP contribution in [0, 0.1) is 11.6 Å². The molecule has 1 unspecified atom stereocenters. The number of amides is 1. The minimum atomic E-state index is -3.95. The van der Waals surface area contributed by atoms with E-state index < -0.39 is 33.6 Å². The van der Waals surface area contributed by atoms with Crippen LogP contribution >= 0.6 is 11.6 Å². The van der Waals surface area contributed by atoms with Crippen LogP contribution in [0.5, 0.6) is 0 Å². The number of hydrogen-bond acceptors (Lipinski definition) is 3. The third-order valence-electron chi connectivity index (χ3n) is 3.37. The maximum Gasteiger partial charge on any atom is 0.247 e. The van der Waals surface area contributed by atoms with E-state index in [1.54, 1.807) is 0 Å². The summed E-state index contributed by atoms with van der Waals surface area (Å²) in [6.45, 7) is 1.31. The number of para-hydroxylation sites is 1. The van der Waals surface area contributed by atoms with E-state index in [2.05, 4.69) is 5.32 Å². The average Bonchev–Trinajstić information content (AvgIpc) is 2.51. The molecule has 0 fully saturated rings. The van der Waals surface area contributed by atoms with Crippen LogP contribution in [0.15, 0.2) is 42.5 Å². The fraction of sp³-hybridized carbons (Fsp3) is 0.188. The molecule has 1 atom stereocenters. The third kappa shape index (κ3) is 4.46. The van der Waals surface area contributed by atoms with Crippen molar-refractivity contribution in [2.75, 3.05) is 15.9 Å². The molecular formula is C16H15ClF2N2O3S. The van der Waals surface area contributed by atoms with Gasteiger partial charge in [-0.25, -0.2) is 17.2 Å². The molecule has 25 heavy (non-hydrogen) atoms. The number of hydrogen-bond donors (Lipinski definition) is 1. The lowest BCUT2D eigenvalue weighted by Gasteiger charge is -2.28. The first-order valence-corrected chi connectivity index (χ1v) is 9.33. The number of rotatable bonds is 5. The van der Waals surface area contributed by atoms with E-state index >= 15 is 0 Å². The zero-order valence-electron chi connectivity index (χ0n) is 13.3. The van der Waals surface area contributed by atoms with Crippen molar-refractivity contribution in [1.29, 1.82) is 0 Å². The van der Waals surface area contributed by atoms with E-state index in [1.807, 2.05) is 0 Å². The maximum atomic E-state index is 14.0. The largest absolute Gasteiger partial charge is 0.324 e. The molecule has 0 heterocycles. The van der Waals surface area contributed by atoms with E-state index in [4.69, 9.17) is 11.6 Å².